The summed E-state index contributed by atoms with van der Waals surface area (Å²) in [5.41, 5.74) is 0. The van der Waals surface area contributed by atoms with E-state index in [2.05, 4.69) is 65.4 Å². The molecular formula is C16H11PS2. The molecule has 0 atom stereocenters. The average molecular weight is 298 g/mol. The Morgan fingerprint density at radius 3 is 1.84 bits per heavy atom. The van der Waals surface area contributed by atoms with Crippen LogP contribution in [0.25, 0.3) is 12.2 Å². The van der Waals surface area contributed by atoms with Gasteiger partial charge in [0.05, 0.1) is 0 Å². The molecule has 3 heteroatoms. The predicted octanol–water partition coefficient (Wildman–Crippen LogP) is 4.05. The van der Waals surface area contributed by atoms with E-state index in [-0.39, 0.29) is 0 Å². The molecule has 3 aromatic rings. The van der Waals surface area contributed by atoms with Crippen LogP contribution in [0.3, 0.4) is 0 Å². The zero-order chi connectivity index (χ0) is 12.7. The molecule has 1 aliphatic heterocycles. The number of benzene rings is 1. The second kappa shape index (κ2) is 4.72. The third kappa shape index (κ3) is 1.92. The first kappa shape index (κ1) is 11.6. The summed E-state index contributed by atoms with van der Waals surface area (Å²) in [6.07, 6.45) is 4.56. The molecule has 0 radical (unpaired) electrons. The molecule has 19 heavy (non-hydrogen) atoms. The van der Waals surface area contributed by atoms with Crippen molar-refractivity contribution < 1.29 is 0 Å². The summed E-state index contributed by atoms with van der Waals surface area (Å²) in [5.74, 6) is 0. The van der Waals surface area contributed by atoms with Crippen LogP contribution in [0.2, 0.25) is 0 Å². The zero-order valence-corrected chi connectivity index (χ0v) is 12.6. The molecule has 0 aliphatic carbocycles. The SMILES string of the molecule is C1=Cc2sccc2P(c2ccccc2)c2ccsc21. The summed E-state index contributed by atoms with van der Waals surface area (Å²) < 4.78 is 0. The van der Waals surface area contributed by atoms with Crippen molar-refractivity contribution in [2.45, 2.75) is 0 Å². The Labute approximate surface area is 121 Å². The molecule has 1 aliphatic rings. The Hall–Kier alpha value is -1.21. The Kier molecular flexibility index (Phi) is 2.88. The Morgan fingerprint density at radius 2 is 1.26 bits per heavy atom. The van der Waals surface area contributed by atoms with Crippen molar-refractivity contribution in [1.29, 1.82) is 0 Å². The molecule has 0 N–H and O–H groups in total. The van der Waals surface area contributed by atoms with Crippen molar-refractivity contribution in [3.05, 3.63) is 63.0 Å². The molecule has 0 saturated heterocycles. The normalized spacial score (nSPS) is 13.9. The maximum Gasteiger partial charge on any atom is 0.0354 e. The lowest BCUT2D eigenvalue weighted by Crippen LogP contribution is -2.20. The van der Waals surface area contributed by atoms with Crippen LogP contribution in [0.1, 0.15) is 9.75 Å². The predicted molar refractivity (Wildman–Crippen MR) is 89.8 cm³/mol. The highest BCUT2D eigenvalue weighted by molar-refractivity contribution is 7.80. The lowest BCUT2D eigenvalue weighted by Gasteiger charge is -2.17. The maximum absolute atomic E-state index is 2.30. The minimum atomic E-state index is -0.393. The molecule has 4 rings (SSSR count). The fourth-order valence-electron chi connectivity index (χ4n) is 2.38. The van der Waals surface area contributed by atoms with Crippen LogP contribution in [-0.2, 0) is 0 Å². The van der Waals surface area contributed by atoms with Crippen LogP contribution < -0.4 is 15.9 Å². The van der Waals surface area contributed by atoms with E-state index in [0.717, 1.165) is 0 Å². The van der Waals surface area contributed by atoms with Gasteiger partial charge in [-0.25, -0.2) is 0 Å². The average Bonchev–Trinajstić information content (AvgIpc) is 3.07. The highest BCUT2D eigenvalue weighted by Gasteiger charge is 2.24. The highest BCUT2D eigenvalue weighted by Crippen LogP contribution is 2.40. The zero-order valence-electron chi connectivity index (χ0n) is 10.1. The van der Waals surface area contributed by atoms with Gasteiger partial charge in [-0.1, -0.05) is 30.3 Å². The number of thiophene rings is 2. The van der Waals surface area contributed by atoms with Crippen molar-refractivity contribution in [1.82, 2.24) is 0 Å². The van der Waals surface area contributed by atoms with Gasteiger partial charge in [0.2, 0.25) is 0 Å². The maximum atomic E-state index is 2.30. The number of rotatable bonds is 1. The first-order chi connectivity index (χ1) is 9.43. The molecule has 0 amide bonds. The fraction of sp³-hybridized carbons (Fsp3) is 0. The Morgan fingerprint density at radius 1 is 0.684 bits per heavy atom. The van der Waals surface area contributed by atoms with Gasteiger partial charge >= 0.3 is 0 Å². The van der Waals surface area contributed by atoms with E-state index in [1.165, 1.54) is 25.7 Å². The van der Waals surface area contributed by atoms with E-state index in [1.807, 2.05) is 22.7 Å². The van der Waals surface area contributed by atoms with Crippen LogP contribution in [-0.4, -0.2) is 0 Å². The molecule has 0 unspecified atom stereocenters. The molecule has 0 bridgehead atoms. The monoisotopic (exact) mass is 298 g/mol. The standard InChI is InChI=1S/C16H11PS2/c1-2-4-12(5-3-1)17-13-8-10-18-15(13)6-7-16-14(17)9-11-19-16/h1-11H. The van der Waals surface area contributed by atoms with E-state index in [4.69, 9.17) is 0 Å². The van der Waals surface area contributed by atoms with Gasteiger partial charge in [-0.05, 0) is 48.3 Å². The lowest BCUT2D eigenvalue weighted by atomic mass is 10.4. The topological polar surface area (TPSA) is 0 Å². The molecular weight excluding hydrogens is 287 g/mol. The van der Waals surface area contributed by atoms with Gasteiger partial charge in [-0.2, -0.15) is 0 Å². The van der Waals surface area contributed by atoms with E-state index in [1.54, 1.807) is 0 Å². The van der Waals surface area contributed by atoms with Crippen LogP contribution >= 0.6 is 30.6 Å². The molecule has 0 nitrogen and oxygen atoms in total. The largest absolute Gasteiger partial charge is 0.144 e. The van der Waals surface area contributed by atoms with Crippen molar-refractivity contribution in [3.63, 3.8) is 0 Å². The lowest BCUT2D eigenvalue weighted by molar-refractivity contribution is 1.77. The van der Waals surface area contributed by atoms with Crippen molar-refractivity contribution in [3.8, 4) is 0 Å². The van der Waals surface area contributed by atoms with Crippen molar-refractivity contribution in [2.75, 3.05) is 0 Å². The van der Waals surface area contributed by atoms with Crippen LogP contribution in [0, 0.1) is 0 Å². The molecule has 2 aromatic heterocycles. The summed E-state index contributed by atoms with van der Waals surface area (Å²) in [6.45, 7) is 0. The van der Waals surface area contributed by atoms with Crippen LogP contribution in [0.15, 0.2) is 53.2 Å². The molecule has 1 aromatic carbocycles. The van der Waals surface area contributed by atoms with E-state index in [9.17, 15) is 0 Å². The van der Waals surface area contributed by atoms with Crippen molar-refractivity contribution in [2.24, 2.45) is 0 Å². The van der Waals surface area contributed by atoms with Crippen LogP contribution in [0.4, 0.5) is 0 Å². The minimum Gasteiger partial charge on any atom is -0.144 e. The summed E-state index contributed by atoms with van der Waals surface area (Å²) in [4.78, 5) is 2.83. The second-order valence-electron chi connectivity index (χ2n) is 4.34. The Balaban J connectivity index is 1.99. The fourth-order valence-corrected chi connectivity index (χ4v) is 7.14. The van der Waals surface area contributed by atoms with Gasteiger partial charge in [0.25, 0.3) is 0 Å². The quantitative estimate of drug-likeness (QED) is 0.465. The Bertz CT molecular complexity index is 693. The molecule has 0 fully saturated rings. The third-order valence-corrected chi connectivity index (χ3v) is 7.85. The van der Waals surface area contributed by atoms with E-state index in [0.29, 0.717) is 0 Å². The van der Waals surface area contributed by atoms with Gasteiger partial charge < -0.3 is 0 Å². The first-order valence-corrected chi connectivity index (χ1v) is 9.22. The van der Waals surface area contributed by atoms with E-state index < -0.39 is 7.92 Å². The highest BCUT2D eigenvalue weighted by atomic mass is 32.1. The summed E-state index contributed by atoms with van der Waals surface area (Å²) in [5, 5.41) is 8.87. The molecule has 0 saturated carbocycles. The summed E-state index contributed by atoms with van der Waals surface area (Å²) >= 11 is 3.69. The molecule has 92 valence electrons. The minimum absolute atomic E-state index is 0.393. The van der Waals surface area contributed by atoms with Gasteiger partial charge in [0, 0.05) is 20.4 Å². The van der Waals surface area contributed by atoms with Gasteiger partial charge in [0.1, 0.15) is 0 Å². The second-order valence-corrected chi connectivity index (χ2v) is 8.39. The number of fused-ring (bicyclic) bond motifs is 2. The summed E-state index contributed by atoms with van der Waals surface area (Å²) in [7, 11) is -0.393. The number of hydrogen-bond acceptors (Lipinski definition) is 2. The first-order valence-electron chi connectivity index (χ1n) is 6.12. The van der Waals surface area contributed by atoms with Crippen molar-refractivity contribution >= 4 is 58.7 Å². The summed E-state index contributed by atoms with van der Waals surface area (Å²) in [6, 6.07) is 15.5. The molecule has 3 heterocycles. The number of hydrogen-bond donors (Lipinski definition) is 0. The van der Waals surface area contributed by atoms with Crippen LogP contribution in [0.5, 0.6) is 0 Å². The van der Waals surface area contributed by atoms with Gasteiger partial charge in [-0.3, -0.25) is 0 Å². The van der Waals surface area contributed by atoms with Gasteiger partial charge in [0.15, 0.2) is 0 Å². The van der Waals surface area contributed by atoms with E-state index >= 15 is 0 Å². The third-order valence-electron chi connectivity index (χ3n) is 3.23. The molecule has 0 spiro atoms. The van der Waals surface area contributed by atoms with Gasteiger partial charge in [-0.15, -0.1) is 22.7 Å². The smallest absolute Gasteiger partial charge is 0.0354 e.